The number of hydrogen-bond acceptors (Lipinski definition) is 8. The minimum absolute atomic E-state index is 0.00805. The summed E-state index contributed by atoms with van der Waals surface area (Å²) < 4.78 is 39.0. The number of aryl methyl sites for hydroxylation is 2. The van der Waals surface area contributed by atoms with Crippen molar-refractivity contribution in [2.45, 2.75) is 53.4 Å². The van der Waals surface area contributed by atoms with Crippen molar-refractivity contribution in [2.24, 2.45) is 0 Å². The zero-order chi connectivity index (χ0) is 25.2. The van der Waals surface area contributed by atoms with E-state index in [1.165, 1.54) is 11.1 Å². The lowest BCUT2D eigenvalue weighted by atomic mass is 9.95. The molecule has 1 aliphatic heterocycles. The van der Waals surface area contributed by atoms with E-state index in [1.807, 2.05) is 27.0 Å². The molecule has 0 saturated heterocycles. The minimum Gasteiger partial charge on any atom is -0.475 e. The van der Waals surface area contributed by atoms with Gasteiger partial charge in [0.15, 0.2) is 5.78 Å². The molecule has 0 fully saturated rings. The molecule has 2 N–H and O–H groups in total. The fourth-order valence-corrected chi connectivity index (χ4v) is 3.78. The molecule has 34 heavy (non-hydrogen) atoms. The number of pyridine rings is 1. The van der Waals surface area contributed by atoms with Gasteiger partial charge < -0.3 is 14.9 Å². The summed E-state index contributed by atoms with van der Waals surface area (Å²) in [5.41, 5.74) is 6.44. The Kier molecular flexibility index (Phi) is 7.15. The average Bonchev–Trinajstić information content (AvgIpc) is 3.31. The molecule has 0 radical (unpaired) electrons. The molecule has 0 unspecified atom stereocenters. The number of hydrogen-bond donors (Lipinski definition) is 2. The van der Waals surface area contributed by atoms with Gasteiger partial charge in [-0.2, -0.15) is 23.3 Å². The zero-order valence-electron chi connectivity index (χ0n) is 18.9. The number of alkyl halides is 3. The van der Waals surface area contributed by atoms with Crippen LogP contribution in [-0.2, 0) is 24.3 Å². The first-order valence-corrected chi connectivity index (χ1v) is 10.3. The van der Waals surface area contributed by atoms with E-state index in [1.54, 1.807) is 11.6 Å². The number of nitrogens with one attached hydrogen (secondary N) is 1. The highest BCUT2D eigenvalue weighted by Gasteiger charge is 2.38. The second-order valence-corrected chi connectivity index (χ2v) is 7.72. The van der Waals surface area contributed by atoms with Gasteiger partial charge in [0.05, 0.1) is 11.3 Å². The molecular formula is C21H23F3N6O4. The smallest absolute Gasteiger partial charge is 0.475 e. The zero-order valence-corrected chi connectivity index (χ0v) is 18.9. The number of ketones is 1. The third-order valence-corrected chi connectivity index (χ3v) is 5.29. The Hall–Kier alpha value is -3.61. The fourth-order valence-electron chi connectivity index (χ4n) is 3.78. The molecule has 1 aliphatic rings. The van der Waals surface area contributed by atoms with E-state index in [0.717, 1.165) is 36.5 Å². The lowest BCUT2D eigenvalue weighted by Gasteiger charge is -2.19. The van der Waals surface area contributed by atoms with Crippen LogP contribution in [-0.4, -0.2) is 54.5 Å². The lowest BCUT2D eigenvalue weighted by Crippen LogP contribution is -2.24. The second-order valence-electron chi connectivity index (χ2n) is 7.72. The summed E-state index contributed by atoms with van der Waals surface area (Å²) in [4.78, 5) is 29.8. The predicted octanol–water partition coefficient (Wildman–Crippen LogP) is 2.78. The van der Waals surface area contributed by atoms with Gasteiger partial charge in [0.25, 0.3) is 0 Å². The van der Waals surface area contributed by atoms with Crippen LogP contribution in [0.1, 0.15) is 51.4 Å². The first kappa shape index (κ1) is 25.0. The highest BCUT2D eigenvalue weighted by molar-refractivity contribution is 5.96. The molecule has 3 aromatic rings. The topological polar surface area (TPSA) is 136 Å². The first-order valence-electron chi connectivity index (χ1n) is 10.3. The lowest BCUT2D eigenvalue weighted by molar-refractivity contribution is -0.192. The van der Waals surface area contributed by atoms with E-state index in [4.69, 9.17) is 14.4 Å². The quantitative estimate of drug-likeness (QED) is 0.540. The molecular weight excluding hydrogens is 457 g/mol. The normalized spacial score (nSPS) is 13.1. The van der Waals surface area contributed by atoms with Crippen molar-refractivity contribution in [1.29, 1.82) is 0 Å². The number of carbonyl (C=O) groups excluding carboxylic acids is 1. The number of carbonyl (C=O) groups is 2. The van der Waals surface area contributed by atoms with Crippen LogP contribution in [0, 0.1) is 20.8 Å². The van der Waals surface area contributed by atoms with Crippen LogP contribution in [0.5, 0.6) is 0 Å². The Morgan fingerprint density at radius 2 is 1.91 bits per heavy atom. The van der Waals surface area contributed by atoms with Gasteiger partial charge in [-0.1, -0.05) is 5.16 Å². The second kappa shape index (κ2) is 9.71. The molecule has 0 aliphatic carbocycles. The van der Waals surface area contributed by atoms with Crippen molar-refractivity contribution >= 4 is 11.8 Å². The third kappa shape index (κ3) is 5.30. The number of halogens is 3. The maximum absolute atomic E-state index is 11.8. The molecule has 4 rings (SSSR count). The number of nitrogens with zero attached hydrogens (tertiary/aromatic N) is 5. The van der Waals surface area contributed by atoms with Crippen molar-refractivity contribution < 1.29 is 32.4 Å². The van der Waals surface area contributed by atoms with Crippen LogP contribution in [0.15, 0.2) is 10.7 Å². The molecule has 0 amide bonds. The molecule has 0 saturated carbocycles. The molecule has 0 atom stereocenters. The van der Waals surface area contributed by atoms with E-state index in [2.05, 4.69) is 25.5 Å². The molecule has 0 bridgehead atoms. The van der Waals surface area contributed by atoms with E-state index < -0.39 is 12.1 Å². The van der Waals surface area contributed by atoms with Gasteiger partial charge in [0.2, 0.25) is 11.7 Å². The highest BCUT2D eigenvalue weighted by atomic mass is 19.4. The summed E-state index contributed by atoms with van der Waals surface area (Å²) in [5.74, 6) is -1.74. The van der Waals surface area contributed by atoms with Gasteiger partial charge in [-0.15, -0.1) is 0 Å². The third-order valence-electron chi connectivity index (χ3n) is 5.29. The number of Topliss-reactive ketones (excluding diaryl/α,β-unsaturated/α-hetero) is 1. The van der Waals surface area contributed by atoms with Crippen LogP contribution in [0.4, 0.5) is 13.2 Å². The Morgan fingerprint density at radius 3 is 2.50 bits per heavy atom. The molecule has 0 spiro atoms. The van der Waals surface area contributed by atoms with Crippen molar-refractivity contribution in [1.82, 2.24) is 30.2 Å². The number of carboxylic acid groups (broad SMARTS) is 1. The summed E-state index contributed by atoms with van der Waals surface area (Å²) >= 11 is 0. The van der Waals surface area contributed by atoms with Crippen molar-refractivity contribution in [3.05, 3.63) is 45.9 Å². The maximum atomic E-state index is 11.8. The number of carboxylic acids is 1. The van der Waals surface area contributed by atoms with Crippen molar-refractivity contribution in [3.63, 3.8) is 0 Å². The van der Waals surface area contributed by atoms with Crippen LogP contribution in [0.2, 0.25) is 0 Å². The van der Waals surface area contributed by atoms with E-state index in [0.29, 0.717) is 29.5 Å². The Labute approximate surface area is 192 Å². The van der Waals surface area contributed by atoms with E-state index in [9.17, 15) is 18.0 Å². The number of rotatable bonds is 4. The van der Waals surface area contributed by atoms with Crippen LogP contribution >= 0.6 is 0 Å². The summed E-state index contributed by atoms with van der Waals surface area (Å²) in [6, 6.07) is 0. The summed E-state index contributed by atoms with van der Waals surface area (Å²) in [5, 5.41) is 19.1. The molecule has 182 valence electrons. The number of aliphatic carboxylic acids is 1. The van der Waals surface area contributed by atoms with Crippen molar-refractivity contribution in [2.75, 3.05) is 6.54 Å². The molecule has 4 heterocycles. The van der Waals surface area contributed by atoms with E-state index in [-0.39, 0.29) is 5.78 Å². The maximum Gasteiger partial charge on any atom is 0.490 e. The minimum atomic E-state index is -5.08. The first-order chi connectivity index (χ1) is 15.9. The number of aromatic nitrogens is 5. The Bertz CT molecular complexity index is 1230. The summed E-state index contributed by atoms with van der Waals surface area (Å²) in [7, 11) is 0. The van der Waals surface area contributed by atoms with Crippen LogP contribution < -0.4 is 5.32 Å². The predicted molar refractivity (Wildman–Crippen MR) is 112 cm³/mol. The van der Waals surface area contributed by atoms with Gasteiger partial charge in [0, 0.05) is 29.7 Å². The van der Waals surface area contributed by atoms with Gasteiger partial charge in [-0.3, -0.25) is 14.5 Å². The molecule has 10 nitrogen and oxygen atoms in total. The fraction of sp³-hybridized carbons (Fsp3) is 0.429. The Balaban J connectivity index is 0.000000406. The van der Waals surface area contributed by atoms with Crippen LogP contribution in [0.3, 0.4) is 0 Å². The largest absolute Gasteiger partial charge is 0.490 e. The Morgan fingerprint density at radius 1 is 1.24 bits per heavy atom. The van der Waals surface area contributed by atoms with Gasteiger partial charge in [0.1, 0.15) is 6.54 Å². The number of fused-ring (bicyclic) bond motifs is 1. The van der Waals surface area contributed by atoms with Crippen LogP contribution in [0.25, 0.3) is 11.4 Å². The standard InChI is InChI=1S/C19H22N6O2.C2HF3O2/c1-10-18(15-5-6-20-7-14(15)8-21-10)19-22-16(27-24-19)9-25-12(3)17(13(4)26)11(2)23-25;3-2(4,5)1(6)7/h8,20H,5-7,9H2,1-4H3;(H,6,7). The average molecular weight is 480 g/mol. The van der Waals surface area contributed by atoms with Crippen molar-refractivity contribution in [3.8, 4) is 11.4 Å². The summed E-state index contributed by atoms with van der Waals surface area (Å²) in [6.45, 7) is 9.29. The molecule has 13 heteroatoms. The molecule has 3 aromatic heterocycles. The highest BCUT2D eigenvalue weighted by Crippen LogP contribution is 2.28. The van der Waals surface area contributed by atoms with Gasteiger partial charge in [-0.25, -0.2) is 4.79 Å². The molecule has 0 aromatic carbocycles. The summed E-state index contributed by atoms with van der Waals surface area (Å²) in [6.07, 6.45) is -2.25. The SMILES string of the molecule is CC(=O)c1c(C)nn(Cc2nc(-c3c(C)ncc4c3CCNC4)no2)c1C.O=C(O)C(F)(F)F. The van der Waals surface area contributed by atoms with E-state index >= 15 is 0 Å². The monoisotopic (exact) mass is 480 g/mol. The van der Waals surface area contributed by atoms with Gasteiger partial charge in [-0.05, 0) is 51.8 Å². The van der Waals surface area contributed by atoms with Gasteiger partial charge >= 0.3 is 12.1 Å².